The van der Waals surface area contributed by atoms with Gasteiger partial charge < -0.3 is 5.32 Å². The van der Waals surface area contributed by atoms with Crippen molar-refractivity contribution in [2.75, 3.05) is 5.32 Å². The Bertz CT molecular complexity index is 548. The van der Waals surface area contributed by atoms with Gasteiger partial charge in [-0.3, -0.25) is 0 Å². The molecule has 1 unspecified atom stereocenters. The van der Waals surface area contributed by atoms with Crippen molar-refractivity contribution in [3.8, 4) is 6.07 Å². The van der Waals surface area contributed by atoms with Crippen molar-refractivity contribution in [3.63, 3.8) is 0 Å². The van der Waals surface area contributed by atoms with Crippen LogP contribution in [0.2, 0.25) is 0 Å². The Hall–Kier alpha value is -1.49. The van der Waals surface area contributed by atoms with E-state index in [2.05, 4.69) is 24.4 Å². The van der Waals surface area contributed by atoms with E-state index in [1.807, 2.05) is 18.2 Å². The molecule has 0 saturated heterocycles. The first kappa shape index (κ1) is 13.2. The molecule has 4 saturated carbocycles. The van der Waals surface area contributed by atoms with Gasteiger partial charge >= 0.3 is 0 Å². The highest BCUT2D eigenvalue weighted by Gasteiger charge is 2.53. The maximum Gasteiger partial charge on any atom is 0.0992 e. The largest absolute Gasteiger partial charge is 0.382 e. The lowest BCUT2D eigenvalue weighted by atomic mass is 9.48. The molecule has 1 aromatic carbocycles. The summed E-state index contributed by atoms with van der Waals surface area (Å²) in [5.41, 5.74) is 2.37. The van der Waals surface area contributed by atoms with Gasteiger partial charge in [0.05, 0.1) is 11.6 Å². The number of rotatable bonds is 3. The number of hydrogen-bond acceptors (Lipinski definition) is 2. The van der Waals surface area contributed by atoms with Crippen LogP contribution >= 0.6 is 0 Å². The van der Waals surface area contributed by atoms with Gasteiger partial charge in [-0.15, -0.1) is 0 Å². The number of nitrogens with one attached hydrogen (secondary N) is 1. The molecule has 0 radical (unpaired) electrons. The van der Waals surface area contributed by atoms with Gasteiger partial charge in [-0.25, -0.2) is 0 Å². The fourth-order valence-electron chi connectivity index (χ4n) is 5.79. The monoisotopic (exact) mass is 280 g/mol. The first-order valence-corrected chi connectivity index (χ1v) is 8.43. The first-order chi connectivity index (χ1) is 10.2. The molecule has 1 atom stereocenters. The molecule has 0 spiro atoms. The number of nitriles is 1. The lowest BCUT2D eigenvalue weighted by molar-refractivity contribution is -0.0602. The average Bonchev–Trinajstić information content (AvgIpc) is 2.46. The molecule has 2 nitrogen and oxygen atoms in total. The standard InChI is InChI=1S/C19H24N2/c1-13(21-18-4-2-3-14(8-18)12-20)19-9-15-5-16(10-19)7-17(6-15)11-19/h2-4,8,13,15-17,21H,5-7,9-11H2,1H3. The summed E-state index contributed by atoms with van der Waals surface area (Å²) < 4.78 is 0. The molecule has 4 fully saturated rings. The van der Waals surface area contributed by atoms with Crippen LogP contribution in [0.25, 0.3) is 0 Å². The van der Waals surface area contributed by atoms with E-state index in [4.69, 9.17) is 5.26 Å². The molecular weight excluding hydrogens is 256 g/mol. The minimum absolute atomic E-state index is 0.511. The molecular formula is C19H24N2. The summed E-state index contributed by atoms with van der Waals surface area (Å²) in [6.07, 6.45) is 8.75. The van der Waals surface area contributed by atoms with Gasteiger partial charge in [-0.2, -0.15) is 5.26 Å². The molecule has 1 N–H and O–H groups in total. The summed E-state index contributed by atoms with van der Waals surface area (Å²) in [5, 5.41) is 12.8. The molecule has 21 heavy (non-hydrogen) atoms. The molecule has 2 heteroatoms. The van der Waals surface area contributed by atoms with Crippen molar-refractivity contribution in [3.05, 3.63) is 29.8 Å². The summed E-state index contributed by atoms with van der Waals surface area (Å²) in [4.78, 5) is 0. The van der Waals surface area contributed by atoms with Gasteiger partial charge in [0.2, 0.25) is 0 Å². The second kappa shape index (κ2) is 4.77. The summed E-state index contributed by atoms with van der Waals surface area (Å²) in [7, 11) is 0. The average molecular weight is 280 g/mol. The normalized spacial score (nSPS) is 38.0. The van der Waals surface area contributed by atoms with Crippen molar-refractivity contribution >= 4 is 5.69 Å². The molecule has 5 rings (SSSR count). The van der Waals surface area contributed by atoms with E-state index >= 15 is 0 Å². The third-order valence-electron chi connectivity index (χ3n) is 6.38. The number of nitrogens with zero attached hydrogens (tertiary/aromatic N) is 1. The van der Waals surface area contributed by atoms with Crippen LogP contribution in [0.5, 0.6) is 0 Å². The minimum atomic E-state index is 0.511. The van der Waals surface area contributed by atoms with Crippen LogP contribution in [0.4, 0.5) is 5.69 Å². The molecule has 4 bridgehead atoms. The van der Waals surface area contributed by atoms with Crippen molar-refractivity contribution in [1.82, 2.24) is 0 Å². The van der Waals surface area contributed by atoms with E-state index in [1.165, 1.54) is 38.5 Å². The van der Waals surface area contributed by atoms with Gasteiger partial charge in [-0.05, 0) is 86.8 Å². The number of benzene rings is 1. The Labute approximate surface area is 127 Å². The number of hydrogen-bond donors (Lipinski definition) is 1. The summed E-state index contributed by atoms with van der Waals surface area (Å²) in [5.74, 6) is 2.97. The molecule has 110 valence electrons. The van der Waals surface area contributed by atoms with Crippen LogP contribution in [-0.2, 0) is 0 Å². The molecule has 1 aromatic rings. The predicted molar refractivity (Wildman–Crippen MR) is 84.8 cm³/mol. The van der Waals surface area contributed by atoms with Gasteiger partial charge in [0, 0.05) is 11.7 Å². The van der Waals surface area contributed by atoms with E-state index in [0.717, 1.165) is 29.0 Å². The highest BCUT2D eigenvalue weighted by Crippen LogP contribution is 2.61. The fourth-order valence-corrected chi connectivity index (χ4v) is 5.79. The van der Waals surface area contributed by atoms with E-state index in [9.17, 15) is 0 Å². The summed E-state index contributed by atoms with van der Waals surface area (Å²) in [6, 6.07) is 10.7. The summed E-state index contributed by atoms with van der Waals surface area (Å²) in [6.45, 7) is 2.37. The zero-order valence-electron chi connectivity index (χ0n) is 12.8. The van der Waals surface area contributed by atoms with E-state index in [0.29, 0.717) is 11.5 Å². The molecule has 4 aliphatic rings. The predicted octanol–water partition coefficient (Wildman–Crippen LogP) is 4.58. The molecule has 0 amide bonds. The SMILES string of the molecule is CC(Nc1cccc(C#N)c1)C12CC3CC(CC(C3)C1)C2. The van der Waals surface area contributed by atoms with Crippen LogP contribution in [0, 0.1) is 34.5 Å². The van der Waals surface area contributed by atoms with Crippen LogP contribution in [0.1, 0.15) is 51.0 Å². The quantitative estimate of drug-likeness (QED) is 0.880. The highest BCUT2D eigenvalue weighted by atomic mass is 14.9. The van der Waals surface area contributed by atoms with E-state index in [-0.39, 0.29) is 0 Å². The van der Waals surface area contributed by atoms with Crippen LogP contribution in [0.3, 0.4) is 0 Å². The minimum Gasteiger partial charge on any atom is -0.382 e. The van der Waals surface area contributed by atoms with Crippen molar-refractivity contribution in [2.24, 2.45) is 23.2 Å². The maximum absolute atomic E-state index is 9.05. The van der Waals surface area contributed by atoms with Gasteiger partial charge in [0.25, 0.3) is 0 Å². The van der Waals surface area contributed by atoms with E-state index in [1.54, 1.807) is 0 Å². The first-order valence-electron chi connectivity index (χ1n) is 8.43. The zero-order valence-corrected chi connectivity index (χ0v) is 12.8. The van der Waals surface area contributed by atoms with Gasteiger partial charge in [0.1, 0.15) is 0 Å². The second-order valence-electron chi connectivity index (χ2n) is 7.84. The maximum atomic E-state index is 9.05. The van der Waals surface area contributed by atoms with Crippen molar-refractivity contribution in [1.29, 1.82) is 5.26 Å². The molecule has 4 aliphatic carbocycles. The van der Waals surface area contributed by atoms with Crippen molar-refractivity contribution in [2.45, 2.75) is 51.5 Å². The Morgan fingerprint density at radius 3 is 2.33 bits per heavy atom. The van der Waals surface area contributed by atoms with Crippen LogP contribution in [-0.4, -0.2) is 6.04 Å². The van der Waals surface area contributed by atoms with Crippen molar-refractivity contribution < 1.29 is 0 Å². The third kappa shape index (κ3) is 2.24. The molecule has 0 heterocycles. The van der Waals surface area contributed by atoms with Gasteiger partial charge in [-0.1, -0.05) is 6.07 Å². The molecule has 0 aromatic heterocycles. The fraction of sp³-hybridized carbons (Fsp3) is 0.632. The Morgan fingerprint density at radius 1 is 1.14 bits per heavy atom. The Morgan fingerprint density at radius 2 is 1.76 bits per heavy atom. The zero-order chi connectivity index (χ0) is 14.4. The van der Waals surface area contributed by atoms with Gasteiger partial charge in [0.15, 0.2) is 0 Å². The topological polar surface area (TPSA) is 35.8 Å². The highest BCUT2D eigenvalue weighted by molar-refractivity contribution is 5.50. The van der Waals surface area contributed by atoms with Crippen LogP contribution in [0.15, 0.2) is 24.3 Å². The summed E-state index contributed by atoms with van der Waals surface area (Å²) >= 11 is 0. The molecule has 0 aliphatic heterocycles. The lowest BCUT2D eigenvalue weighted by Crippen LogP contribution is -2.52. The number of anilines is 1. The smallest absolute Gasteiger partial charge is 0.0992 e. The second-order valence-corrected chi connectivity index (χ2v) is 7.84. The van der Waals surface area contributed by atoms with E-state index < -0.39 is 0 Å². The lowest BCUT2D eigenvalue weighted by Gasteiger charge is -2.59. The Balaban J connectivity index is 1.54. The van der Waals surface area contributed by atoms with Crippen LogP contribution < -0.4 is 5.32 Å². The Kier molecular flexibility index (Phi) is 2.99. The third-order valence-corrected chi connectivity index (χ3v) is 6.38.